The van der Waals surface area contributed by atoms with Gasteiger partial charge in [0.1, 0.15) is 15.8 Å². The monoisotopic (exact) mass is 451 g/mol. The van der Waals surface area contributed by atoms with Crippen LogP contribution in [0.1, 0.15) is 55.0 Å². The third kappa shape index (κ3) is 4.21. The zero-order valence-corrected chi connectivity index (χ0v) is 18.8. The number of rotatable bonds is 4. The van der Waals surface area contributed by atoms with Crippen LogP contribution in [0, 0.1) is 11.7 Å². The molecule has 0 N–H and O–H groups in total. The summed E-state index contributed by atoms with van der Waals surface area (Å²) in [6.45, 7) is 2.27. The van der Waals surface area contributed by atoms with E-state index in [0.717, 1.165) is 57.2 Å². The highest BCUT2D eigenvalue weighted by molar-refractivity contribution is 7.14. The molecule has 0 saturated heterocycles. The molecule has 2 aromatic heterocycles. The first-order valence-electron chi connectivity index (χ1n) is 10.7. The fourth-order valence-electron chi connectivity index (χ4n) is 4.76. The summed E-state index contributed by atoms with van der Waals surface area (Å²) in [5.41, 5.74) is 3.16. The van der Waals surface area contributed by atoms with E-state index in [1.807, 2.05) is 30.5 Å². The van der Waals surface area contributed by atoms with Crippen LogP contribution in [0.4, 0.5) is 4.39 Å². The van der Waals surface area contributed by atoms with Crippen molar-refractivity contribution in [2.75, 3.05) is 0 Å². The van der Waals surface area contributed by atoms with Crippen LogP contribution < -0.4 is 0 Å². The average Bonchev–Trinajstić information content (AvgIpc) is 3.29. The molecule has 31 heavy (non-hydrogen) atoms. The SMILES string of the molecule is C[C@@H](c1nnc(-c2ccc(Cl)cc2)s1)[C@H]1CC[C@@H](c2ccnc3ccc(F)cc32)CC1. The third-order valence-corrected chi connectivity index (χ3v) is 8.00. The molecule has 3 nitrogen and oxygen atoms in total. The van der Waals surface area contributed by atoms with Gasteiger partial charge in [0.05, 0.1) is 5.52 Å². The highest BCUT2D eigenvalue weighted by Gasteiger charge is 2.29. The van der Waals surface area contributed by atoms with Crippen LogP contribution in [0.25, 0.3) is 21.5 Å². The highest BCUT2D eigenvalue weighted by Crippen LogP contribution is 2.44. The van der Waals surface area contributed by atoms with Gasteiger partial charge in [0.2, 0.25) is 0 Å². The van der Waals surface area contributed by atoms with Crippen molar-refractivity contribution in [1.29, 1.82) is 0 Å². The standard InChI is InChI=1S/C25H23ClFN3S/c1-15(24-29-30-25(31-24)18-6-8-19(26)9-7-18)16-2-4-17(5-3-16)21-12-13-28-23-11-10-20(27)14-22(21)23/h6-17H,2-5H2,1H3/t15-,16-,17+/m1/s1. The van der Waals surface area contributed by atoms with Crippen molar-refractivity contribution < 1.29 is 4.39 Å². The predicted octanol–water partition coefficient (Wildman–Crippen LogP) is 7.62. The quantitative estimate of drug-likeness (QED) is 0.320. The lowest BCUT2D eigenvalue weighted by atomic mass is 9.74. The lowest BCUT2D eigenvalue weighted by Crippen LogP contribution is -2.18. The van der Waals surface area contributed by atoms with Crippen LogP contribution in [0.2, 0.25) is 5.02 Å². The Balaban J connectivity index is 1.29. The molecule has 0 spiro atoms. The van der Waals surface area contributed by atoms with Gasteiger partial charge in [-0.1, -0.05) is 42.0 Å². The number of pyridine rings is 1. The lowest BCUT2D eigenvalue weighted by Gasteiger charge is -2.32. The molecule has 4 aromatic rings. The van der Waals surface area contributed by atoms with E-state index in [0.29, 0.717) is 17.8 Å². The highest BCUT2D eigenvalue weighted by atomic mass is 35.5. The summed E-state index contributed by atoms with van der Waals surface area (Å²) < 4.78 is 13.8. The van der Waals surface area contributed by atoms with Gasteiger partial charge in [-0.05, 0) is 79.5 Å². The summed E-state index contributed by atoms with van der Waals surface area (Å²) in [4.78, 5) is 4.40. The van der Waals surface area contributed by atoms with Crippen molar-refractivity contribution in [2.45, 2.75) is 44.4 Å². The molecule has 0 bridgehead atoms. The van der Waals surface area contributed by atoms with Crippen molar-refractivity contribution >= 4 is 33.8 Å². The minimum absolute atomic E-state index is 0.197. The van der Waals surface area contributed by atoms with Crippen LogP contribution in [0.3, 0.4) is 0 Å². The summed E-state index contributed by atoms with van der Waals surface area (Å²) in [5.74, 6) is 1.23. The predicted molar refractivity (Wildman–Crippen MR) is 125 cm³/mol. The molecule has 0 radical (unpaired) electrons. The van der Waals surface area contributed by atoms with Gasteiger partial charge in [-0.2, -0.15) is 0 Å². The van der Waals surface area contributed by atoms with Crippen LogP contribution in [-0.4, -0.2) is 15.2 Å². The summed E-state index contributed by atoms with van der Waals surface area (Å²) in [7, 11) is 0. The zero-order chi connectivity index (χ0) is 21.4. The Labute approximate surface area is 190 Å². The number of hydrogen-bond acceptors (Lipinski definition) is 4. The molecular weight excluding hydrogens is 429 g/mol. The molecule has 0 aliphatic heterocycles. The Kier molecular flexibility index (Phi) is 5.72. The van der Waals surface area contributed by atoms with Crippen molar-refractivity contribution in [3.63, 3.8) is 0 Å². The smallest absolute Gasteiger partial charge is 0.147 e. The molecule has 2 heterocycles. The van der Waals surface area contributed by atoms with Gasteiger partial charge >= 0.3 is 0 Å². The summed E-state index contributed by atoms with van der Waals surface area (Å²) in [6, 6.07) is 14.7. The minimum atomic E-state index is -0.197. The van der Waals surface area contributed by atoms with Crippen molar-refractivity contribution in [1.82, 2.24) is 15.2 Å². The van der Waals surface area contributed by atoms with E-state index in [1.165, 1.54) is 11.6 Å². The normalized spacial score (nSPS) is 20.1. The molecule has 0 amide bonds. The van der Waals surface area contributed by atoms with Crippen LogP contribution in [-0.2, 0) is 0 Å². The molecule has 6 heteroatoms. The maximum Gasteiger partial charge on any atom is 0.147 e. The second-order valence-corrected chi connectivity index (χ2v) is 9.86. The maximum absolute atomic E-state index is 13.8. The number of halogens is 2. The van der Waals surface area contributed by atoms with Crippen molar-refractivity contribution in [3.05, 3.63) is 76.1 Å². The molecule has 2 aromatic carbocycles. The van der Waals surface area contributed by atoms with E-state index in [9.17, 15) is 4.39 Å². The van der Waals surface area contributed by atoms with Gasteiger partial charge in [-0.25, -0.2) is 4.39 Å². The van der Waals surface area contributed by atoms with Crippen LogP contribution >= 0.6 is 22.9 Å². The molecule has 1 aliphatic rings. The fraction of sp³-hybridized carbons (Fsp3) is 0.320. The lowest BCUT2D eigenvalue weighted by molar-refractivity contribution is 0.290. The Hall–Kier alpha value is -2.37. The van der Waals surface area contributed by atoms with Gasteiger partial charge < -0.3 is 0 Å². The summed E-state index contributed by atoms with van der Waals surface area (Å²) >= 11 is 7.68. The second kappa shape index (κ2) is 8.64. The molecule has 1 fully saturated rings. The second-order valence-electron chi connectivity index (χ2n) is 8.41. The van der Waals surface area contributed by atoms with E-state index >= 15 is 0 Å². The van der Waals surface area contributed by atoms with E-state index in [1.54, 1.807) is 23.5 Å². The van der Waals surface area contributed by atoms with Crippen molar-refractivity contribution in [2.24, 2.45) is 5.92 Å². The molecular formula is C25H23ClFN3S. The van der Waals surface area contributed by atoms with E-state index < -0.39 is 0 Å². The summed E-state index contributed by atoms with van der Waals surface area (Å²) in [5, 5.41) is 12.6. The molecule has 5 rings (SSSR count). The van der Waals surface area contributed by atoms with Crippen LogP contribution in [0.5, 0.6) is 0 Å². The Morgan fingerprint density at radius 1 is 1.00 bits per heavy atom. The van der Waals surface area contributed by atoms with Gasteiger partial charge in [0.15, 0.2) is 0 Å². The molecule has 1 atom stereocenters. The van der Waals surface area contributed by atoms with Gasteiger partial charge in [-0.15, -0.1) is 10.2 Å². The first-order valence-corrected chi connectivity index (χ1v) is 11.9. The largest absolute Gasteiger partial charge is 0.256 e. The van der Waals surface area contributed by atoms with Gasteiger partial charge in [0, 0.05) is 28.1 Å². The fourth-order valence-corrected chi connectivity index (χ4v) is 5.87. The first-order chi connectivity index (χ1) is 15.1. The van der Waals surface area contributed by atoms with Gasteiger partial charge in [-0.3, -0.25) is 4.98 Å². The van der Waals surface area contributed by atoms with Crippen molar-refractivity contribution in [3.8, 4) is 10.6 Å². The molecule has 1 saturated carbocycles. The average molecular weight is 452 g/mol. The van der Waals surface area contributed by atoms with Crippen LogP contribution in [0.15, 0.2) is 54.7 Å². The first kappa shape index (κ1) is 20.5. The topological polar surface area (TPSA) is 38.7 Å². The Morgan fingerprint density at radius 2 is 1.77 bits per heavy atom. The number of fused-ring (bicyclic) bond motifs is 1. The van der Waals surface area contributed by atoms with E-state index in [2.05, 4.69) is 28.2 Å². The number of hydrogen-bond donors (Lipinski definition) is 0. The zero-order valence-electron chi connectivity index (χ0n) is 17.3. The van der Waals surface area contributed by atoms with E-state index in [4.69, 9.17) is 11.6 Å². The number of nitrogens with zero attached hydrogens (tertiary/aromatic N) is 3. The number of benzene rings is 2. The molecule has 1 aliphatic carbocycles. The van der Waals surface area contributed by atoms with Gasteiger partial charge in [0.25, 0.3) is 0 Å². The number of aromatic nitrogens is 3. The Bertz CT molecular complexity index is 1200. The third-order valence-electron chi connectivity index (χ3n) is 6.58. The molecule has 0 unspecified atom stereocenters. The maximum atomic E-state index is 13.8. The van der Waals surface area contributed by atoms with E-state index in [-0.39, 0.29) is 5.82 Å². The summed E-state index contributed by atoms with van der Waals surface area (Å²) in [6.07, 6.45) is 6.34. The molecule has 158 valence electrons. The Morgan fingerprint density at radius 3 is 2.55 bits per heavy atom. The minimum Gasteiger partial charge on any atom is -0.256 e.